The Bertz CT molecular complexity index is 1200. The van der Waals surface area contributed by atoms with Crippen molar-refractivity contribution >= 4 is 13.8 Å². The van der Waals surface area contributed by atoms with Gasteiger partial charge in [0, 0.05) is 13.0 Å². The lowest BCUT2D eigenvalue weighted by molar-refractivity contribution is -0.220. The number of allylic oxidation sites excluding steroid dienone is 10. The molecule has 12 nitrogen and oxygen atoms in total. The molecule has 6 unspecified atom stereocenters. The lowest BCUT2D eigenvalue weighted by Crippen LogP contribution is -2.64. The number of unbranched alkanes of at least 4 members (excludes halogenated alkanes) is 15. The van der Waals surface area contributed by atoms with Gasteiger partial charge in [-0.05, 0) is 64.2 Å². The first-order valence-corrected chi connectivity index (χ1v) is 24.1. The molecule has 0 spiro atoms. The predicted octanol–water partition coefficient (Wildman–Crippen LogP) is 9.03. The lowest BCUT2D eigenvalue weighted by Gasteiger charge is -2.41. The number of carbonyl (C=O) groups is 1. The number of aliphatic hydroxyl groups is 5. The van der Waals surface area contributed by atoms with Crippen LogP contribution in [0.2, 0.25) is 0 Å². The summed E-state index contributed by atoms with van der Waals surface area (Å²) in [7, 11) is -5.04. The summed E-state index contributed by atoms with van der Waals surface area (Å²) >= 11 is 0. The van der Waals surface area contributed by atoms with Crippen LogP contribution in [0.4, 0.5) is 0 Å². The van der Waals surface area contributed by atoms with Crippen LogP contribution in [0.3, 0.4) is 0 Å². The van der Waals surface area contributed by atoms with Crippen molar-refractivity contribution in [2.45, 2.75) is 204 Å². The van der Waals surface area contributed by atoms with E-state index in [2.05, 4.69) is 62.5 Å². The molecule has 1 fully saturated rings. The number of hydrogen-bond acceptors (Lipinski definition) is 11. The topological polar surface area (TPSA) is 192 Å². The molecule has 0 aromatic carbocycles. The molecule has 6 N–H and O–H groups in total. The molecule has 1 aliphatic carbocycles. The summed E-state index contributed by atoms with van der Waals surface area (Å²) in [6, 6.07) is 0. The summed E-state index contributed by atoms with van der Waals surface area (Å²) in [5.74, 6) is -0.559. The van der Waals surface area contributed by atoms with Crippen LogP contribution in [0.5, 0.6) is 0 Å². The number of esters is 1. The van der Waals surface area contributed by atoms with E-state index in [0.717, 1.165) is 57.8 Å². The van der Waals surface area contributed by atoms with Crippen LogP contribution >= 0.6 is 7.82 Å². The van der Waals surface area contributed by atoms with E-state index in [4.69, 9.17) is 18.5 Å². The van der Waals surface area contributed by atoms with Crippen molar-refractivity contribution < 1.29 is 58.3 Å². The number of carbonyl (C=O) groups excluding carboxylic acids is 1. The molecule has 0 aromatic rings. The van der Waals surface area contributed by atoms with Crippen LogP contribution in [-0.2, 0) is 27.9 Å². The van der Waals surface area contributed by atoms with E-state index in [1.807, 2.05) is 12.2 Å². The fourth-order valence-electron chi connectivity index (χ4n) is 6.54. The van der Waals surface area contributed by atoms with E-state index in [-0.39, 0.29) is 13.0 Å². The number of phosphoric acid groups is 1. The van der Waals surface area contributed by atoms with Crippen LogP contribution in [0.25, 0.3) is 0 Å². The van der Waals surface area contributed by atoms with Gasteiger partial charge in [0.05, 0.1) is 13.2 Å². The molecule has 1 saturated carbocycles. The van der Waals surface area contributed by atoms with Crippen molar-refractivity contribution in [1.82, 2.24) is 0 Å². The van der Waals surface area contributed by atoms with E-state index < -0.39 is 63.1 Å². The van der Waals surface area contributed by atoms with E-state index in [0.29, 0.717) is 13.0 Å². The monoisotopic (exact) mass is 857 g/mol. The van der Waals surface area contributed by atoms with Gasteiger partial charge in [-0.15, -0.1) is 0 Å². The third-order valence-electron chi connectivity index (χ3n) is 10.1. The zero-order chi connectivity index (χ0) is 43.4. The molecule has 0 heterocycles. The number of hydrogen-bond donors (Lipinski definition) is 6. The van der Waals surface area contributed by atoms with Crippen molar-refractivity contribution in [3.63, 3.8) is 0 Å². The van der Waals surface area contributed by atoms with Gasteiger partial charge in [0.1, 0.15) is 42.7 Å². The van der Waals surface area contributed by atoms with Crippen molar-refractivity contribution in [1.29, 1.82) is 0 Å². The Kier molecular flexibility index (Phi) is 34.2. The fourth-order valence-corrected chi connectivity index (χ4v) is 7.51. The summed E-state index contributed by atoms with van der Waals surface area (Å²) in [6.07, 6.45) is 33.1. The minimum atomic E-state index is -5.04. The zero-order valence-corrected chi connectivity index (χ0v) is 37.2. The smallest absolute Gasteiger partial charge is 0.457 e. The van der Waals surface area contributed by atoms with Crippen molar-refractivity contribution in [3.8, 4) is 0 Å². The van der Waals surface area contributed by atoms with Crippen LogP contribution in [0.1, 0.15) is 162 Å². The van der Waals surface area contributed by atoms with Gasteiger partial charge in [-0.2, -0.15) is 0 Å². The van der Waals surface area contributed by atoms with Crippen LogP contribution in [0, 0.1) is 0 Å². The molecule has 0 aliphatic heterocycles. The predicted molar refractivity (Wildman–Crippen MR) is 235 cm³/mol. The van der Waals surface area contributed by atoms with Crippen LogP contribution in [-0.4, -0.2) is 98.9 Å². The van der Waals surface area contributed by atoms with E-state index in [1.54, 1.807) is 0 Å². The highest BCUT2D eigenvalue weighted by atomic mass is 31.2. The second kappa shape index (κ2) is 36.7. The molecule has 0 radical (unpaired) electrons. The SMILES string of the molecule is CC/C=C\C/C=C\C/C=C\C/C=C\CCC(=O)OC(COCCCCCCCCCC/C=C\CCCCCCCCC)COP(=O)(O)OC1C(O)C(O)C(O)C(O)C1O. The molecule has 342 valence electrons. The second-order valence-electron chi connectivity index (χ2n) is 15.5. The molecule has 0 bridgehead atoms. The average Bonchev–Trinajstić information content (AvgIpc) is 3.22. The first-order valence-electron chi connectivity index (χ1n) is 22.6. The molecule has 0 saturated heterocycles. The standard InChI is InChI=1S/C46H81O12P/c1-3-5-7-9-11-13-15-17-18-19-20-21-22-24-26-28-30-32-34-36-55-37-39(38-56-59(53,54)58-46-44(51)42(49)41(48)43(50)45(46)52)57-40(47)35-33-31-29-27-25-23-16-14-12-10-8-6-4-2/h6,8,12,14,18-19,23,25,29,31,39,41-46,48-52H,3-5,7,9-11,13,15-17,20-22,24,26-28,30,32-38H2,1-2H3,(H,53,54)/b8-6-,14-12-,19-18-,25-23-,31-29-. The summed E-state index contributed by atoms with van der Waals surface area (Å²) < 4.78 is 34.0. The zero-order valence-electron chi connectivity index (χ0n) is 36.3. The minimum Gasteiger partial charge on any atom is -0.457 e. The first-order chi connectivity index (χ1) is 28.5. The Balaban J connectivity index is 2.43. The quantitative estimate of drug-likeness (QED) is 0.0151. The molecule has 6 atom stereocenters. The normalized spacial score (nSPS) is 23.1. The highest BCUT2D eigenvalue weighted by molar-refractivity contribution is 7.47. The Morgan fingerprint density at radius 2 is 1.00 bits per heavy atom. The maximum Gasteiger partial charge on any atom is 0.472 e. The lowest BCUT2D eigenvalue weighted by atomic mass is 9.85. The van der Waals surface area contributed by atoms with Crippen LogP contribution in [0.15, 0.2) is 60.8 Å². The van der Waals surface area contributed by atoms with Gasteiger partial charge >= 0.3 is 13.8 Å². The van der Waals surface area contributed by atoms with Gasteiger partial charge in [0.2, 0.25) is 0 Å². The molecule has 13 heteroatoms. The Hall–Kier alpha value is -1.96. The van der Waals surface area contributed by atoms with Gasteiger partial charge in [-0.25, -0.2) is 4.57 Å². The molecular formula is C46H81O12P. The van der Waals surface area contributed by atoms with Crippen molar-refractivity contribution in [2.24, 2.45) is 0 Å². The van der Waals surface area contributed by atoms with Gasteiger partial charge in [0.15, 0.2) is 0 Å². The molecule has 59 heavy (non-hydrogen) atoms. The van der Waals surface area contributed by atoms with Gasteiger partial charge < -0.3 is 39.9 Å². The van der Waals surface area contributed by atoms with Gasteiger partial charge in [0.25, 0.3) is 0 Å². The third-order valence-corrected chi connectivity index (χ3v) is 11.1. The Labute approximate surface area is 356 Å². The maximum atomic E-state index is 12.8. The Morgan fingerprint density at radius 3 is 1.53 bits per heavy atom. The van der Waals surface area contributed by atoms with E-state index in [9.17, 15) is 39.8 Å². The van der Waals surface area contributed by atoms with Crippen molar-refractivity contribution in [2.75, 3.05) is 19.8 Å². The van der Waals surface area contributed by atoms with Crippen LogP contribution < -0.4 is 0 Å². The van der Waals surface area contributed by atoms with Gasteiger partial charge in [-0.3, -0.25) is 13.8 Å². The van der Waals surface area contributed by atoms with Crippen molar-refractivity contribution in [3.05, 3.63) is 60.8 Å². The fraction of sp³-hybridized carbons (Fsp3) is 0.761. The van der Waals surface area contributed by atoms with Gasteiger partial charge in [-0.1, -0.05) is 152 Å². The Morgan fingerprint density at radius 1 is 0.559 bits per heavy atom. The third kappa shape index (κ3) is 29.1. The highest BCUT2D eigenvalue weighted by Gasteiger charge is 2.51. The second-order valence-corrected chi connectivity index (χ2v) is 16.9. The summed E-state index contributed by atoms with van der Waals surface area (Å²) in [4.78, 5) is 23.1. The first kappa shape index (κ1) is 55.1. The molecule has 0 aromatic heterocycles. The van der Waals surface area contributed by atoms with E-state index in [1.165, 1.54) is 77.0 Å². The molecular weight excluding hydrogens is 775 g/mol. The number of aliphatic hydroxyl groups excluding tert-OH is 5. The molecule has 1 rings (SSSR count). The number of phosphoric ester groups is 1. The summed E-state index contributed by atoms with van der Waals surface area (Å²) in [6.45, 7) is 4.04. The molecule has 0 amide bonds. The van der Waals surface area contributed by atoms with E-state index >= 15 is 0 Å². The largest absolute Gasteiger partial charge is 0.472 e. The highest BCUT2D eigenvalue weighted by Crippen LogP contribution is 2.47. The number of ether oxygens (including phenoxy) is 2. The summed E-state index contributed by atoms with van der Waals surface area (Å²) in [5.41, 5.74) is 0. The average molecular weight is 857 g/mol. The molecule has 1 aliphatic rings. The number of rotatable bonds is 37. The summed E-state index contributed by atoms with van der Waals surface area (Å²) in [5, 5.41) is 50.1. The maximum absolute atomic E-state index is 12.8. The minimum absolute atomic E-state index is 0.0621.